The van der Waals surface area contributed by atoms with Gasteiger partial charge >= 0.3 is 0 Å². The molecule has 0 aliphatic carbocycles. The van der Waals surface area contributed by atoms with E-state index < -0.39 is 0 Å². The summed E-state index contributed by atoms with van der Waals surface area (Å²) in [6, 6.07) is 23.7. The molecule has 0 saturated heterocycles. The van der Waals surface area contributed by atoms with Gasteiger partial charge < -0.3 is 10.6 Å². The first kappa shape index (κ1) is 18.1. The van der Waals surface area contributed by atoms with Crippen molar-refractivity contribution in [1.82, 2.24) is 10.6 Å². The van der Waals surface area contributed by atoms with Crippen LogP contribution in [0.2, 0.25) is 0 Å². The van der Waals surface area contributed by atoms with Crippen molar-refractivity contribution >= 4 is 35.8 Å². The molecule has 2 N–H and O–H groups in total. The molecule has 1 aliphatic heterocycles. The summed E-state index contributed by atoms with van der Waals surface area (Å²) in [6.45, 7) is 4.39. The Balaban J connectivity index is 1.47. The molecule has 1 amide bonds. The van der Waals surface area contributed by atoms with Crippen molar-refractivity contribution in [1.29, 1.82) is 0 Å². The summed E-state index contributed by atoms with van der Waals surface area (Å²) in [5, 5.41) is 5.91. The first-order chi connectivity index (χ1) is 13.6. The van der Waals surface area contributed by atoms with Gasteiger partial charge in [0.2, 0.25) is 0 Å². The number of thiol groups is 1. The Bertz CT molecular complexity index is 1090. The molecule has 0 spiro atoms. The van der Waals surface area contributed by atoms with Crippen LogP contribution in [0, 0.1) is 0 Å². The van der Waals surface area contributed by atoms with E-state index in [0.717, 1.165) is 32.8 Å². The van der Waals surface area contributed by atoms with Gasteiger partial charge in [0.1, 0.15) is 0 Å². The fourth-order valence-electron chi connectivity index (χ4n) is 3.07. The van der Waals surface area contributed by atoms with Crippen LogP contribution in [0.15, 0.2) is 89.3 Å². The van der Waals surface area contributed by atoms with Gasteiger partial charge in [0.25, 0.3) is 5.91 Å². The Morgan fingerprint density at radius 3 is 2.61 bits per heavy atom. The van der Waals surface area contributed by atoms with Crippen LogP contribution in [0.5, 0.6) is 0 Å². The van der Waals surface area contributed by atoms with Crippen molar-refractivity contribution in [2.24, 2.45) is 4.99 Å². The molecule has 3 aromatic carbocycles. The van der Waals surface area contributed by atoms with Crippen LogP contribution in [-0.4, -0.2) is 11.7 Å². The lowest BCUT2D eigenvalue weighted by Crippen LogP contribution is -2.40. The number of nitrogens with zero attached hydrogens (tertiary/aromatic N) is 1. The summed E-state index contributed by atoms with van der Waals surface area (Å²) in [7, 11) is 0. The van der Waals surface area contributed by atoms with Gasteiger partial charge in [-0.25, -0.2) is 4.99 Å². The average molecular weight is 385 g/mol. The molecular weight excluding hydrogens is 366 g/mol. The first-order valence-electron chi connectivity index (χ1n) is 8.91. The molecule has 0 bridgehead atoms. The number of carbonyl (C=O) groups excluding carboxylic acids is 1. The summed E-state index contributed by atoms with van der Waals surface area (Å²) >= 11 is 4.32. The van der Waals surface area contributed by atoms with E-state index in [2.05, 4.69) is 40.9 Å². The number of hydrogen-bond acceptors (Lipinski definition) is 4. The SMILES string of the molecule is C=C1NC(C(=O)NCc2cccc(-c3ccc(S)cc3)c2)=Nc2ccccc21. The predicted molar refractivity (Wildman–Crippen MR) is 117 cm³/mol. The van der Waals surface area contributed by atoms with Crippen LogP contribution in [0.4, 0.5) is 5.69 Å². The third-order valence-electron chi connectivity index (χ3n) is 4.53. The van der Waals surface area contributed by atoms with Crippen molar-refractivity contribution in [2.75, 3.05) is 0 Å². The van der Waals surface area contributed by atoms with Gasteiger partial charge in [-0.05, 0) is 41.0 Å². The number of aliphatic imine (C=N–C) groups is 1. The number of fused-ring (bicyclic) bond motifs is 1. The zero-order valence-corrected chi connectivity index (χ0v) is 16.0. The molecular formula is C23H19N3OS. The van der Waals surface area contributed by atoms with Gasteiger partial charge in [0.05, 0.1) is 5.69 Å². The van der Waals surface area contributed by atoms with Gasteiger partial charge in [0, 0.05) is 22.7 Å². The zero-order valence-electron chi connectivity index (χ0n) is 15.1. The summed E-state index contributed by atoms with van der Waals surface area (Å²) in [5.74, 6) is -0.00953. The molecule has 1 aliphatic rings. The van der Waals surface area contributed by atoms with Gasteiger partial charge in [-0.1, -0.05) is 55.1 Å². The standard InChI is InChI=1S/C23H19N3OS/c1-15-20-7-2-3-8-21(20)26-22(25-15)23(27)24-14-16-5-4-6-18(13-16)17-9-11-19(28)12-10-17/h2-13,28H,1,14H2,(H,24,27)(H,25,26). The van der Waals surface area contributed by atoms with Crippen molar-refractivity contribution in [3.63, 3.8) is 0 Å². The summed E-state index contributed by atoms with van der Waals surface area (Å²) in [4.78, 5) is 17.9. The highest BCUT2D eigenvalue weighted by atomic mass is 32.1. The van der Waals surface area contributed by atoms with Crippen molar-refractivity contribution in [3.05, 3.63) is 90.5 Å². The molecule has 138 valence electrons. The molecule has 4 rings (SSSR count). The number of amides is 1. The van der Waals surface area contributed by atoms with E-state index in [1.54, 1.807) is 0 Å². The Morgan fingerprint density at radius 2 is 1.79 bits per heavy atom. The third-order valence-corrected chi connectivity index (χ3v) is 4.82. The highest BCUT2D eigenvalue weighted by Crippen LogP contribution is 2.27. The normalized spacial score (nSPS) is 12.6. The Morgan fingerprint density at radius 1 is 1.00 bits per heavy atom. The van der Waals surface area contributed by atoms with E-state index in [1.807, 2.05) is 66.7 Å². The van der Waals surface area contributed by atoms with Crippen LogP contribution < -0.4 is 10.6 Å². The minimum absolute atomic E-state index is 0.254. The molecule has 0 saturated carbocycles. The summed E-state index contributed by atoms with van der Waals surface area (Å²) < 4.78 is 0. The maximum absolute atomic E-state index is 12.6. The van der Waals surface area contributed by atoms with Crippen molar-refractivity contribution < 1.29 is 4.79 Å². The second-order valence-electron chi connectivity index (χ2n) is 6.51. The lowest BCUT2D eigenvalue weighted by atomic mass is 10.0. The predicted octanol–water partition coefficient (Wildman–Crippen LogP) is 4.56. The molecule has 0 atom stereocenters. The minimum Gasteiger partial charge on any atom is -0.345 e. The van der Waals surface area contributed by atoms with E-state index in [4.69, 9.17) is 0 Å². The van der Waals surface area contributed by atoms with Crippen LogP contribution in [-0.2, 0) is 11.3 Å². The molecule has 0 radical (unpaired) electrons. The lowest BCUT2D eigenvalue weighted by molar-refractivity contribution is -0.115. The van der Waals surface area contributed by atoms with Crippen LogP contribution in [0.25, 0.3) is 16.8 Å². The fraction of sp³-hybridized carbons (Fsp3) is 0.0435. The number of benzene rings is 3. The largest absolute Gasteiger partial charge is 0.345 e. The molecule has 3 aromatic rings. The van der Waals surface area contributed by atoms with Gasteiger partial charge in [0.15, 0.2) is 5.84 Å². The summed E-state index contributed by atoms with van der Waals surface area (Å²) in [6.07, 6.45) is 0. The molecule has 5 heteroatoms. The van der Waals surface area contributed by atoms with Crippen molar-refractivity contribution in [3.8, 4) is 11.1 Å². The topological polar surface area (TPSA) is 53.5 Å². The van der Waals surface area contributed by atoms with Gasteiger partial charge in [-0.3, -0.25) is 4.79 Å². The minimum atomic E-state index is -0.263. The van der Waals surface area contributed by atoms with Crippen LogP contribution in [0.1, 0.15) is 11.1 Å². The lowest BCUT2D eigenvalue weighted by Gasteiger charge is -2.19. The van der Waals surface area contributed by atoms with E-state index in [-0.39, 0.29) is 11.7 Å². The maximum Gasteiger partial charge on any atom is 0.287 e. The Labute approximate surface area is 169 Å². The van der Waals surface area contributed by atoms with Gasteiger partial charge in [-0.2, -0.15) is 0 Å². The Kier molecular flexibility index (Phi) is 5.00. The molecule has 0 aromatic heterocycles. The number of amidine groups is 1. The number of nitrogens with one attached hydrogen (secondary N) is 2. The van der Waals surface area contributed by atoms with E-state index in [0.29, 0.717) is 12.2 Å². The Hall–Kier alpha value is -3.31. The van der Waals surface area contributed by atoms with Crippen LogP contribution >= 0.6 is 12.6 Å². The molecule has 0 unspecified atom stereocenters. The molecule has 0 fully saturated rings. The van der Waals surface area contributed by atoms with Gasteiger partial charge in [-0.15, -0.1) is 12.6 Å². The first-order valence-corrected chi connectivity index (χ1v) is 9.35. The highest BCUT2D eigenvalue weighted by molar-refractivity contribution is 7.80. The second-order valence-corrected chi connectivity index (χ2v) is 7.03. The molecule has 4 nitrogen and oxygen atoms in total. The zero-order chi connectivity index (χ0) is 19.5. The quantitative estimate of drug-likeness (QED) is 0.577. The highest BCUT2D eigenvalue weighted by Gasteiger charge is 2.19. The third kappa shape index (κ3) is 3.85. The number of rotatable bonds is 4. The number of para-hydroxylation sites is 1. The second kappa shape index (κ2) is 7.74. The molecule has 1 heterocycles. The summed E-state index contributed by atoms with van der Waals surface area (Å²) in [5.41, 5.74) is 5.53. The average Bonchev–Trinajstić information content (AvgIpc) is 2.73. The molecule has 28 heavy (non-hydrogen) atoms. The monoisotopic (exact) mass is 385 g/mol. The fourth-order valence-corrected chi connectivity index (χ4v) is 3.22. The smallest absolute Gasteiger partial charge is 0.287 e. The van der Waals surface area contributed by atoms with E-state index in [9.17, 15) is 4.79 Å². The van der Waals surface area contributed by atoms with Crippen LogP contribution in [0.3, 0.4) is 0 Å². The van der Waals surface area contributed by atoms with E-state index >= 15 is 0 Å². The number of carbonyl (C=O) groups is 1. The van der Waals surface area contributed by atoms with E-state index in [1.165, 1.54) is 0 Å². The number of hydrogen-bond donors (Lipinski definition) is 3. The maximum atomic E-state index is 12.6. The van der Waals surface area contributed by atoms with Crippen molar-refractivity contribution in [2.45, 2.75) is 11.4 Å².